The van der Waals surface area contributed by atoms with Gasteiger partial charge in [0.15, 0.2) is 0 Å². The molecule has 0 radical (unpaired) electrons. The maximum Gasteiger partial charge on any atom is 0.0575 e. The smallest absolute Gasteiger partial charge is 0.0575 e. The Balaban J connectivity index is 1.25. The molecule has 0 spiro atoms. The first-order valence-corrected chi connectivity index (χ1v) is 9.57. The van der Waals surface area contributed by atoms with E-state index in [0.29, 0.717) is 12.1 Å². The molecule has 1 N–H and O–H groups in total. The van der Waals surface area contributed by atoms with Gasteiger partial charge in [-0.1, -0.05) is 37.5 Å². The van der Waals surface area contributed by atoms with E-state index >= 15 is 0 Å². The second kappa shape index (κ2) is 9.29. The molecule has 1 aliphatic carbocycles. The molecule has 3 heteroatoms. The van der Waals surface area contributed by atoms with Gasteiger partial charge in [-0.25, -0.2) is 0 Å². The molecule has 23 heavy (non-hydrogen) atoms. The van der Waals surface area contributed by atoms with Crippen LogP contribution in [0.3, 0.4) is 0 Å². The van der Waals surface area contributed by atoms with E-state index < -0.39 is 0 Å². The predicted molar refractivity (Wildman–Crippen MR) is 97.1 cm³/mol. The van der Waals surface area contributed by atoms with E-state index in [-0.39, 0.29) is 0 Å². The standard InChI is InChI=1S/C20H32N2O/c1-3-8-19(9-4-1)22-15-12-18(13-16-22)21-14-7-17-23-20-10-5-2-6-11-20/h1,3-4,8-9,18,20-21H,2,5-7,10-17H2. The van der Waals surface area contributed by atoms with Gasteiger partial charge >= 0.3 is 0 Å². The van der Waals surface area contributed by atoms with Gasteiger partial charge in [0.2, 0.25) is 0 Å². The van der Waals surface area contributed by atoms with Crippen LogP contribution < -0.4 is 10.2 Å². The number of hydrogen-bond acceptors (Lipinski definition) is 3. The van der Waals surface area contributed by atoms with Gasteiger partial charge in [-0.3, -0.25) is 0 Å². The molecule has 3 rings (SSSR count). The molecule has 0 unspecified atom stereocenters. The van der Waals surface area contributed by atoms with Crippen LogP contribution in [0.1, 0.15) is 51.4 Å². The Hall–Kier alpha value is -1.06. The van der Waals surface area contributed by atoms with Crippen LogP contribution in [0.2, 0.25) is 0 Å². The zero-order valence-corrected chi connectivity index (χ0v) is 14.4. The average molecular weight is 316 g/mol. The van der Waals surface area contributed by atoms with Crippen LogP contribution >= 0.6 is 0 Å². The fourth-order valence-corrected chi connectivity index (χ4v) is 3.84. The Kier molecular flexibility index (Phi) is 6.78. The van der Waals surface area contributed by atoms with Crippen LogP contribution in [0.5, 0.6) is 0 Å². The molecule has 2 aliphatic rings. The molecule has 0 bridgehead atoms. The number of nitrogens with zero attached hydrogens (tertiary/aromatic N) is 1. The van der Waals surface area contributed by atoms with E-state index in [4.69, 9.17) is 4.74 Å². The SMILES string of the molecule is c1ccc(N2CCC(NCCCOC3CCCCC3)CC2)cc1. The minimum absolute atomic E-state index is 0.554. The third-order valence-electron chi connectivity index (χ3n) is 5.28. The highest BCUT2D eigenvalue weighted by Crippen LogP contribution is 2.21. The normalized spacial score (nSPS) is 20.8. The van der Waals surface area contributed by atoms with Gasteiger partial charge in [-0.2, -0.15) is 0 Å². The van der Waals surface area contributed by atoms with E-state index in [2.05, 4.69) is 40.5 Å². The monoisotopic (exact) mass is 316 g/mol. The number of para-hydroxylation sites is 1. The van der Waals surface area contributed by atoms with Crippen molar-refractivity contribution in [1.82, 2.24) is 5.32 Å². The number of benzene rings is 1. The van der Waals surface area contributed by atoms with Crippen molar-refractivity contribution in [3.8, 4) is 0 Å². The van der Waals surface area contributed by atoms with Crippen LogP contribution in [0.25, 0.3) is 0 Å². The van der Waals surface area contributed by atoms with Crippen molar-refractivity contribution in [3.63, 3.8) is 0 Å². The predicted octanol–water partition coefficient (Wildman–Crippen LogP) is 3.98. The summed E-state index contributed by atoms with van der Waals surface area (Å²) in [5, 5.41) is 3.72. The molecule has 0 aromatic heterocycles. The summed E-state index contributed by atoms with van der Waals surface area (Å²) in [5.74, 6) is 0. The Morgan fingerprint density at radius 3 is 2.43 bits per heavy atom. The minimum atomic E-state index is 0.554. The average Bonchev–Trinajstić information content (AvgIpc) is 2.64. The lowest BCUT2D eigenvalue weighted by Crippen LogP contribution is -2.43. The minimum Gasteiger partial charge on any atom is -0.378 e. The summed E-state index contributed by atoms with van der Waals surface area (Å²) in [6, 6.07) is 11.5. The van der Waals surface area contributed by atoms with Gasteiger partial charge in [0.05, 0.1) is 6.10 Å². The number of anilines is 1. The molecule has 128 valence electrons. The van der Waals surface area contributed by atoms with Crippen molar-refractivity contribution < 1.29 is 4.74 Å². The molecule has 0 atom stereocenters. The molecule has 0 amide bonds. The van der Waals surface area contributed by atoms with Crippen molar-refractivity contribution in [1.29, 1.82) is 0 Å². The molecule has 1 aromatic rings. The van der Waals surface area contributed by atoms with E-state index in [0.717, 1.165) is 19.6 Å². The summed E-state index contributed by atoms with van der Waals surface area (Å²) >= 11 is 0. The van der Waals surface area contributed by atoms with Gasteiger partial charge < -0.3 is 15.0 Å². The molecule has 1 heterocycles. The van der Waals surface area contributed by atoms with Gasteiger partial charge in [-0.15, -0.1) is 0 Å². The summed E-state index contributed by atoms with van der Waals surface area (Å²) in [6.45, 7) is 4.36. The fourth-order valence-electron chi connectivity index (χ4n) is 3.84. The van der Waals surface area contributed by atoms with E-state index in [1.165, 1.54) is 63.7 Å². The van der Waals surface area contributed by atoms with Crippen molar-refractivity contribution in [2.45, 2.75) is 63.5 Å². The lowest BCUT2D eigenvalue weighted by Gasteiger charge is -2.34. The van der Waals surface area contributed by atoms with Crippen molar-refractivity contribution in [2.24, 2.45) is 0 Å². The Morgan fingerprint density at radius 2 is 1.70 bits per heavy atom. The van der Waals surface area contributed by atoms with Gasteiger partial charge in [0, 0.05) is 31.4 Å². The number of piperidine rings is 1. The third kappa shape index (κ3) is 5.50. The Bertz CT molecular complexity index is 423. The summed E-state index contributed by atoms with van der Waals surface area (Å²) in [7, 11) is 0. The zero-order chi connectivity index (χ0) is 15.7. The van der Waals surface area contributed by atoms with Crippen LogP contribution in [0, 0.1) is 0 Å². The van der Waals surface area contributed by atoms with Gasteiger partial charge in [0.25, 0.3) is 0 Å². The Morgan fingerprint density at radius 1 is 0.957 bits per heavy atom. The largest absolute Gasteiger partial charge is 0.378 e. The maximum absolute atomic E-state index is 6.00. The number of hydrogen-bond donors (Lipinski definition) is 1. The van der Waals surface area contributed by atoms with Crippen LogP contribution in [0.4, 0.5) is 5.69 Å². The molecular weight excluding hydrogens is 284 g/mol. The van der Waals surface area contributed by atoms with E-state index in [1.54, 1.807) is 0 Å². The number of ether oxygens (including phenoxy) is 1. The second-order valence-electron chi connectivity index (χ2n) is 7.04. The Labute approximate surface area is 141 Å². The lowest BCUT2D eigenvalue weighted by atomic mass is 9.98. The quantitative estimate of drug-likeness (QED) is 0.770. The lowest BCUT2D eigenvalue weighted by molar-refractivity contribution is 0.0270. The zero-order valence-electron chi connectivity index (χ0n) is 14.4. The summed E-state index contributed by atoms with van der Waals surface area (Å²) in [6.07, 6.45) is 10.9. The molecule has 1 aromatic carbocycles. The number of rotatable bonds is 7. The van der Waals surface area contributed by atoms with Crippen molar-refractivity contribution in [3.05, 3.63) is 30.3 Å². The molecule has 1 saturated heterocycles. The first-order chi connectivity index (χ1) is 11.4. The molecule has 3 nitrogen and oxygen atoms in total. The fraction of sp³-hybridized carbons (Fsp3) is 0.700. The highest BCUT2D eigenvalue weighted by atomic mass is 16.5. The summed E-state index contributed by atoms with van der Waals surface area (Å²) in [4.78, 5) is 2.50. The summed E-state index contributed by atoms with van der Waals surface area (Å²) in [5.41, 5.74) is 1.37. The molecular formula is C20H32N2O. The van der Waals surface area contributed by atoms with E-state index in [9.17, 15) is 0 Å². The van der Waals surface area contributed by atoms with Crippen molar-refractivity contribution >= 4 is 5.69 Å². The van der Waals surface area contributed by atoms with Crippen molar-refractivity contribution in [2.75, 3.05) is 31.1 Å². The molecule has 1 aliphatic heterocycles. The molecule has 1 saturated carbocycles. The van der Waals surface area contributed by atoms with Crippen LogP contribution in [-0.2, 0) is 4.74 Å². The van der Waals surface area contributed by atoms with Crippen LogP contribution in [-0.4, -0.2) is 38.4 Å². The maximum atomic E-state index is 6.00. The molecule has 2 fully saturated rings. The highest BCUT2D eigenvalue weighted by Gasteiger charge is 2.18. The first kappa shape index (κ1) is 16.8. The topological polar surface area (TPSA) is 24.5 Å². The van der Waals surface area contributed by atoms with Gasteiger partial charge in [0.1, 0.15) is 0 Å². The second-order valence-corrected chi connectivity index (χ2v) is 7.04. The number of nitrogens with one attached hydrogen (secondary N) is 1. The summed E-state index contributed by atoms with van der Waals surface area (Å²) < 4.78 is 6.00. The van der Waals surface area contributed by atoms with E-state index in [1.807, 2.05) is 0 Å². The van der Waals surface area contributed by atoms with Crippen LogP contribution in [0.15, 0.2) is 30.3 Å². The van der Waals surface area contributed by atoms with Gasteiger partial charge in [-0.05, 0) is 50.8 Å². The highest BCUT2D eigenvalue weighted by molar-refractivity contribution is 5.46. The first-order valence-electron chi connectivity index (χ1n) is 9.57. The third-order valence-corrected chi connectivity index (χ3v) is 5.28.